The number of hydrogen-bond acceptors (Lipinski definition) is 4. The summed E-state index contributed by atoms with van der Waals surface area (Å²) in [4.78, 5) is 28.8. The van der Waals surface area contributed by atoms with Gasteiger partial charge in [-0.3, -0.25) is 13.9 Å². The zero-order valence-corrected chi connectivity index (χ0v) is 23.5. The Labute approximate surface area is 226 Å². The number of benzene rings is 2. The number of anilines is 1. The first-order valence-corrected chi connectivity index (χ1v) is 15.3. The third kappa shape index (κ3) is 7.71. The summed E-state index contributed by atoms with van der Waals surface area (Å²) in [5.41, 5.74) is 1.99. The van der Waals surface area contributed by atoms with Gasteiger partial charge in [0.25, 0.3) is 0 Å². The highest BCUT2D eigenvalue weighted by atomic mass is 35.5. The third-order valence-corrected chi connectivity index (χ3v) is 8.45. The molecule has 0 saturated heterocycles. The lowest BCUT2D eigenvalue weighted by atomic mass is 9.95. The molecular formula is C28H38ClN3O4S. The van der Waals surface area contributed by atoms with Crippen molar-refractivity contribution in [1.82, 2.24) is 10.2 Å². The number of carbonyl (C=O) groups is 2. The van der Waals surface area contributed by atoms with Crippen molar-refractivity contribution >= 4 is 39.1 Å². The Kier molecular flexibility index (Phi) is 10.4. The van der Waals surface area contributed by atoms with Gasteiger partial charge in [-0.05, 0) is 48.9 Å². The molecule has 1 atom stereocenters. The Morgan fingerprint density at radius 2 is 1.62 bits per heavy atom. The molecule has 0 bridgehead atoms. The molecule has 9 heteroatoms. The first-order chi connectivity index (χ1) is 17.7. The van der Waals surface area contributed by atoms with Crippen molar-refractivity contribution in [2.24, 2.45) is 0 Å². The SMILES string of the molecule is CCc1ccccc1N(CC(=O)N(Cc1ccccc1Cl)[C@H](CC)C(=O)NC1CCCCC1)S(C)(=O)=O. The van der Waals surface area contributed by atoms with Crippen LogP contribution in [0.25, 0.3) is 0 Å². The van der Waals surface area contributed by atoms with Crippen LogP contribution in [-0.4, -0.2) is 50.0 Å². The van der Waals surface area contributed by atoms with Gasteiger partial charge in [-0.2, -0.15) is 0 Å². The Morgan fingerprint density at radius 1 is 1.00 bits per heavy atom. The fraction of sp³-hybridized carbons (Fsp3) is 0.500. The van der Waals surface area contributed by atoms with Crippen LogP contribution in [0.3, 0.4) is 0 Å². The number of carbonyl (C=O) groups excluding carboxylic acids is 2. The fourth-order valence-electron chi connectivity index (χ4n) is 4.92. The van der Waals surface area contributed by atoms with Gasteiger partial charge in [-0.15, -0.1) is 0 Å². The number of sulfonamides is 1. The van der Waals surface area contributed by atoms with E-state index in [0.717, 1.165) is 41.8 Å². The van der Waals surface area contributed by atoms with E-state index >= 15 is 0 Å². The molecule has 1 saturated carbocycles. The van der Waals surface area contributed by atoms with Crippen LogP contribution in [0.15, 0.2) is 48.5 Å². The first-order valence-electron chi connectivity index (χ1n) is 13.0. The van der Waals surface area contributed by atoms with Gasteiger partial charge in [0.1, 0.15) is 12.6 Å². The lowest BCUT2D eigenvalue weighted by Crippen LogP contribution is -2.54. The molecule has 0 spiro atoms. The molecule has 1 fully saturated rings. The summed E-state index contributed by atoms with van der Waals surface area (Å²) in [5, 5.41) is 3.63. The van der Waals surface area contributed by atoms with Gasteiger partial charge < -0.3 is 10.2 Å². The van der Waals surface area contributed by atoms with Gasteiger partial charge in [0.2, 0.25) is 21.8 Å². The van der Waals surface area contributed by atoms with Crippen molar-refractivity contribution < 1.29 is 18.0 Å². The summed E-state index contributed by atoms with van der Waals surface area (Å²) in [6, 6.07) is 13.7. The predicted molar refractivity (Wildman–Crippen MR) is 149 cm³/mol. The molecule has 3 rings (SSSR count). The molecule has 2 aromatic rings. The van der Waals surface area contributed by atoms with E-state index in [1.165, 1.54) is 11.3 Å². The second-order valence-corrected chi connectivity index (χ2v) is 11.9. The normalized spacial score (nSPS) is 15.1. The number of amides is 2. The van der Waals surface area contributed by atoms with Gasteiger partial charge in [0.15, 0.2) is 0 Å². The van der Waals surface area contributed by atoms with E-state index in [9.17, 15) is 18.0 Å². The van der Waals surface area contributed by atoms with E-state index in [1.54, 1.807) is 24.3 Å². The van der Waals surface area contributed by atoms with E-state index in [2.05, 4.69) is 5.32 Å². The Balaban J connectivity index is 1.95. The van der Waals surface area contributed by atoms with Crippen LogP contribution in [0.4, 0.5) is 5.69 Å². The highest BCUT2D eigenvalue weighted by Gasteiger charge is 2.33. The molecule has 7 nitrogen and oxygen atoms in total. The molecule has 2 amide bonds. The lowest BCUT2D eigenvalue weighted by molar-refractivity contribution is -0.140. The highest BCUT2D eigenvalue weighted by Crippen LogP contribution is 2.26. The Morgan fingerprint density at radius 3 is 2.22 bits per heavy atom. The lowest BCUT2D eigenvalue weighted by Gasteiger charge is -2.34. The first kappa shape index (κ1) is 29.0. The minimum atomic E-state index is -3.78. The Hall–Kier alpha value is -2.58. The minimum Gasteiger partial charge on any atom is -0.352 e. The zero-order valence-electron chi connectivity index (χ0n) is 22.0. The molecule has 0 aromatic heterocycles. The van der Waals surface area contributed by atoms with E-state index in [0.29, 0.717) is 29.1 Å². The van der Waals surface area contributed by atoms with Crippen LogP contribution >= 0.6 is 11.6 Å². The zero-order chi connectivity index (χ0) is 27.0. The van der Waals surface area contributed by atoms with Gasteiger partial charge in [-0.1, -0.05) is 81.1 Å². The number of hydrogen-bond donors (Lipinski definition) is 1. The van der Waals surface area contributed by atoms with E-state index in [4.69, 9.17) is 11.6 Å². The summed E-state index contributed by atoms with van der Waals surface area (Å²) in [6.45, 7) is 3.49. The number of rotatable bonds is 11. The van der Waals surface area contributed by atoms with Gasteiger partial charge in [0.05, 0.1) is 11.9 Å². The van der Waals surface area contributed by atoms with Gasteiger partial charge in [0, 0.05) is 17.6 Å². The van der Waals surface area contributed by atoms with Crippen LogP contribution in [-0.2, 0) is 32.6 Å². The summed E-state index contributed by atoms with van der Waals surface area (Å²) in [6.07, 6.45) is 7.26. The molecule has 2 aromatic carbocycles. The minimum absolute atomic E-state index is 0.0940. The average molecular weight is 548 g/mol. The van der Waals surface area contributed by atoms with Crippen molar-refractivity contribution in [1.29, 1.82) is 0 Å². The van der Waals surface area contributed by atoms with Crippen molar-refractivity contribution in [3.8, 4) is 0 Å². The number of nitrogens with zero attached hydrogens (tertiary/aromatic N) is 2. The van der Waals surface area contributed by atoms with E-state index in [1.807, 2.05) is 38.1 Å². The van der Waals surface area contributed by atoms with Crippen LogP contribution < -0.4 is 9.62 Å². The number of halogens is 1. The summed E-state index contributed by atoms with van der Waals surface area (Å²) in [5.74, 6) is -0.670. The van der Waals surface area contributed by atoms with Crippen molar-refractivity contribution in [3.63, 3.8) is 0 Å². The van der Waals surface area contributed by atoms with Crippen LogP contribution in [0.2, 0.25) is 5.02 Å². The van der Waals surface area contributed by atoms with Crippen LogP contribution in [0.1, 0.15) is 63.5 Å². The molecule has 1 N–H and O–H groups in total. The van der Waals surface area contributed by atoms with Gasteiger partial charge >= 0.3 is 0 Å². The summed E-state index contributed by atoms with van der Waals surface area (Å²) >= 11 is 6.43. The highest BCUT2D eigenvalue weighted by molar-refractivity contribution is 7.92. The molecule has 1 aliphatic carbocycles. The average Bonchev–Trinajstić information content (AvgIpc) is 2.88. The molecule has 0 radical (unpaired) electrons. The molecule has 0 unspecified atom stereocenters. The molecule has 0 aliphatic heterocycles. The number of nitrogens with one attached hydrogen (secondary N) is 1. The van der Waals surface area contributed by atoms with Crippen molar-refractivity contribution in [2.45, 2.75) is 77.4 Å². The molecular weight excluding hydrogens is 510 g/mol. The standard InChI is InChI=1S/C28H38ClN3O4S/c1-4-21-13-10-12-18-26(21)32(37(3,35)36)20-27(33)31(19-22-14-9-11-17-24(22)29)25(5-2)28(34)30-23-15-7-6-8-16-23/h9-14,17-18,23,25H,4-8,15-16,19-20H2,1-3H3,(H,30,34)/t25-/m1/s1. The van der Waals surface area contributed by atoms with Gasteiger partial charge in [-0.25, -0.2) is 8.42 Å². The molecule has 37 heavy (non-hydrogen) atoms. The van der Waals surface area contributed by atoms with Crippen molar-refractivity contribution in [3.05, 3.63) is 64.7 Å². The van der Waals surface area contributed by atoms with E-state index < -0.39 is 28.5 Å². The number of aryl methyl sites for hydroxylation is 1. The second kappa shape index (κ2) is 13.3. The molecule has 1 aliphatic rings. The molecule has 0 heterocycles. The van der Waals surface area contributed by atoms with Crippen LogP contribution in [0.5, 0.6) is 0 Å². The molecule has 202 valence electrons. The maximum absolute atomic E-state index is 13.9. The second-order valence-electron chi connectivity index (χ2n) is 9.63. The maximum atomic E-state index is 13.9. The third-order valence-electron chi connectivity index (χ3n) is 6.96. The summed E-state index contributed by atoms with van der Waals surface area (Å²) < 4.78 is 26.9. The smallest absolute Gasteiger partial charge is 0.244 e. The largest absolute Gasteiger partial charge is 0.352 e. The predicted octanol–water partition coefficient (Wildman–Crippen LogP) is 4.92. The van der Waals surface area contributed by atoms with E-state index in [-0.39, 0.29) is 18.5 Å². The topological polar surface area (TPSA) is 86.8 Å². The van der Waals surface area contributed by atoms with Crippen molar-refractivity contribution in [2.75, 3.05) is 17.1 Å². The quantitative estimate of drug-likeness (QED) is 0.432. The maximum Gasteiger partial charge on any atom is 0.244 e. The van der Waals surface area contributed by atoms with Crippen LogP contribution in [0, 0.1) is 0 Å². The Bertz CT molecular complexity index is 1180. The fourth-order valence-corrected chi connectivity index (χ4v) is 6.00. The summed E-state index contributed by atoms with van der Waals surface area (Å²) in [7, 11) is -3.78. The number of para-hydroxylation sites is 1. The monoisotopic (exact) mass is 547 g/mol.